The van der Waals surface area contributed by atoms with Crippen molar-refractivity contribution in [2.24, 2.45) is 0 Å². The Kier molecular flexibility index (Phi) is 7.04. The van der Waals surface area contributed by atoms with Crippen molar-refractivity contribution >= 4 is 50.2 Å². The van der Waals surface area contributed by atoms with Gasteiger partial charge in [-0.25, -0.2) is 0 Å². The van der Waals surface area contributed by atoms with E-state index in [4.69, 9.17) is 11.6 Å². The Morgan fingerprint density at radius 2 is 1.23 bits per heavy atom. The maximum Gasteiger partial charge on any atom is 0.270 e. The summed E-state index contributed by atoms with van der Waals surface area (Å²) < 4.78 is 1.01. The van der Waals surface area contributed by atoms with Crippen LogP contribution in [0.4, 0.5) is 5.69 Å². The van der Waals surface area contributed by atoms with Crippen LogP contribution in [-0.4, -0.2) is 11.4 Å². The third kappa shape index (κ3) is 4.42. The molecule has 0 bridgehead atoms. The molecule has 2 nitrogen and oxygen atoms in total. The van der Waals surface area contributed by atoms with Gasteiger partial charge in [0.05, 0.1) is 21.7 Å². The van der Waals surface area contributed by atoms with E-state index in [1.54, 1.807) is 0 Å². The molecule has 1 aliphatic rings. The van der Waals surface area contributed by atoms with Gasteiger partial charge in [-0.3, -0.25) is 9.69 Å². The van der Waals surface area contributed by atoms with Crippen LogP contribution >= 0.6 is 22.9 Å². The molecule has 1 aromatic heterocycles. The highest BCUT2D eigenvalue weighted by atomic mass is 35.5. The first kappa shape index (κ1) is 28.3. The summed E-state index contributed by atoms with van der Waals surface area (Å²) in [4.78, 5) is 16.9. The number of hydrogen-bond donors (Lipinski definition) is 0. The molecule has 0 unspecified atom stereocenters. The zero-order chi connectivity index (χ0) is 30.5. The lowest BCUT2D eigenvalue weighted by Gasteiger charge is -2.43. The van der Waals surface area contributed by atoms with E-state index in [0.29, 0.717) is 9.90 Å². The molecule has 0 saturated heterocycles. The molecule has 1 amide bonds. The van der Waals surface area contributed by atoms with Gasteiger partial charge in [0.2, 0.25) is 0 Å². The second-order valence-electron chi connectivity index (χ2n) is 11.9. The molecular formula is C40H32ClNOS. The third-order valence-corrected chi connectivity index (χ3v) is 10.5. The summed E-state index contributed by atoms with van der Waals surface area (Å²) in [5.41, 5.74) is 6.63. The Bertz CT molecular complexity index is 1930. The number of nitrogens with zero attached hydrogens (tertiary/aromatic N) is 1. The second kappa shape index (κ2) is 10.9. The summed E-state index contributed by atoms with van der Waals surface area (Å²) >= 11 is 8.31. The summed E-state index contributed by atoms with van der Waals surface area (Å²) in [5, 5.41) is 1.44. The van der Waals surface area contributed by atoms with Crippen molar-refractivity contribution in [1.29, 1.82) is 0 Å². The van der Waals surface area contributed by atoms with Gasteiger partial charge in [-0.1, -0.05) is 133 Å². The van der Waals surface area contributed by atoms with E-state index in [1.807, 2.05) is 29.2 Å². The number of carbonyl (C=O) groups is 1. The van der Waals surface area contributed by atoms with Crippen LogP contribution in [0.5, 0.6) is 0 Å². The highest BCUT2D eigenvalue weighted by Gasteiger charge is 2.42. The molecule has 44 heavy (non-hydrogen) atoms. The molecule has 216 valence electrons. The fraction of sp³-hybridized carbons (Fsp3) is 0.125. The number of fused-ring (bicyclic) bond motifs is 2. The molecule has 0 fully saturated rings. The smallest absolute Gasteiger partial charge is 0.270 e. The Hall–Kier alpha value is -4.44. The molecule has 0 saturated carbocycles. The maximum atomic E-state index is 14.4. The van der Waals surface area contributed by atoms with Crippen LogP contribution in [0.1, 0.15) is 58.3 Å². The van der Waals surface area contributed by atoms with E-state index < -0.39 is 11.0 Å². The number of carbonyl (C=O) groups excluding carboxylic acids is 1. The number of rotatable bonds is 5. The molecule has 0 aliphatic carbocycles. The number of allylic oxidation sites excluding steroid dienone is 1. The van der Waals surface area contributed by atoms with Crippen LogP contribution in [0.25, 0.3) is 15.7 Å². The number of hydrogen-bond acceptors (Lipinski definition) is 2. The van der Waals surface area contributed by atoms with Gasteiger partial charge in [0, 0.05) is 15.6 Å². The monoisotopic (exact) mass is 609 g/mol. The quantitative estimate of drug-likeness (QED) is 0.178. The normalized spacial score (nSPS) is 14.3. The van der Waals surface area contributed by atoms with Gasteiger partial charge >= 0.3 is 0 Å². The van der Waals surface area contributed by atoms with Crippen molar-refractivity contribution in [2.45, 2.75) is 31.7 Å². The molecule has 7 rings (SSSR count). The predicted molar refractivity (Wildman–Crippen MR) is 186 cm³/mol. The van der Waals surface area contributed by atoms with Crippen molar-refractivity contribution in [3.63, 3.8) is 0 Å². The third-order valence-electron chi connectivity index (χ3n) is 8.79. The summed E-state index contributed by atoms with van der Waals surface area (Å²) in [6.45, 7) is 6.33. The Morgan fingerprint density at radius 3 is 1.77 bits per heavy atom. The van der Waals surface area contributed by atoms with Crippen LogP contribution < -0.4 is 4.90 Å². The van der Waals surface area contributed by atoms with E-state index in [9.17, 15) is 4.79 Å². The van der Waals surface area contributed by atoms with Crippen LogP contribution in [0.3, 0.4) is 0 Å². The van der Waals surface area contributed by atoms with Gasteiger partial charge in [-0.05, 0) is 66.8 Å². The average Bonchev–Trinajstić information content (AvgIpc) is 3.39. The summed E-state index contributed by atoms with van der Waals surface area (Å²) in [6.07, 6.45) is 2.20. The lowest BCUT2D eigenvalue weighted by molar-refractivity contribution is 0.0974. The number of amides is 1. The highest BCUT2D eigenvalue weighted by molar-refractivity contribution is 7.21. The molecule has 1 aliphatic heterocycles. The predicted octanol–water partition coefficient (Wildman–Crippen LogP) is 10.8. The zero-order valence-electron chi connectivity index (χ0n) is 24.9. The van der Waals surface area contributed by atoms with Crippen molar-refractivity contribution in [3.05, 3.63) is 177 Å². The molecule has 4 heteroatoms. The Balaban J connectivity index is 1.47. The van der Waals surface area contributed by atoms with Gasteiger partial charge < -0.3 is 0 Å². The molecule has 2 heterocycles. The van der Waals surface area contributed by atoms with Gasteiger partial charge in [0.15, 0.2) is 0 Å². The van der Waals surface area contributed by atoms with Crippen LogP contribution in [0.2, 0.25) is 5.02 Å². The summed E-state index contributed by atoms with van der Waals surface area (Å²) in [5.74, 6) is -0.0839. The topological polar surface area (TPSA) is 20.3 Å². The van der Waals surface area contributed by atoms with Crippen molar-refractivity contribution < 1.29 is 4.79 Å². The Labute approximate surface area is 267 Å². The van der Waals surface area contributed by atoms with E-state index in [1.165, 1.54) is 28.0 Å². The summed E-state index contributed by atoms with van der Waals surface area (Å²) in [7, 11) is 0. The molecule has 0 spiro atoms. The van der Waals surface area contributed by atoms with E-state index in [2.05, 4.69) is 136 Å². The average molecular weight is 610 g/mol. The van der Waals surface area contributed by atoms with Crippen LogP contribution in [-0.2, 0) is 5.41 Å². The fourth-order valence-electron chi connectivity index (χ4n) is 6.95. The van der Waals surface area contributed by atoms with Crippen LogP contribution in [0, 0.1) is 0 Å². The molecule has 5 aromatic carbocycles. The van der Waals surface area contributed by atoms with E-state index >= 15 is 0 Å². The van der Waals surface area contributed by atoms with Gasteiger partial charge in [0.25, 0.3) is 5.91 Å². The molecule has 0 N–H and O–H groups in total. The Morgan fingerprint density at radius 1 is 0.705 bits per heavy atom. The minimum Gasteiger partial charge on any atom is -0.298 e. The van der Waals surface area contributed by atoms with E-state index in [-0.39, 0.29) is 5.91 Å². The largest absolute Gasteiger partial charge is 0.298 e. The van der Waals surface area contributed by atoms with Gasteiger partial charge in [-0.2, -0.15) is 0 Å². The fourth-order valence-corrected chi connectivity index (χ4v) is 8.39. The molecule has 0 atom stereocenters. The number of halogens is 1. The van der Waals surface area contributed by atoms with Crippen LogP contribution in [0.15, 0.2) is 140 Å². The van der Waals surface area contributed by atoms with Crippen molar-refractivity contribution in [3.8, 4) is 0 Å². The van der Waals surface area contributed by atoms with Gasteiger partial charge in [-0.15, -0.1) is 11.3 Å². The van der Waals surface area contributed by atoms with E-state index in [0.717, 1.165) is 32.5 Å². The SMILES string of the molecule is CC1=CC(C)(C)N(C(=O)c2sc3ccccc3c2Cl)c2ccc(C(c3ccccc3)(c3ccccc3)c3ccccc3)cc21. The standard InChI is InChI=1S/C40H32ClNOS/c1-27-26-39(2,3)42(38(43)37-36(41)32-21-13-14-22-35(32)44-37)34-24-23-31(25-33(27)34)40(28-15-7-4-8-16-28,29-17-9-5-10-18-29)30-19-11-6-12-20-30/h4-26H,1-3H3. The maximum absolute atomic E-state index is 14.4. The summed E-state index contributed by atoms with van der Waals surface area (Å²) in [6, 6.07) is 46.7. The highest BCUT2D eigenvalue weighted by Crippen LogP contribution is 2.49. The molecular weight excluding hydrogens is 578 g/mol. The number of benzene rings is 5. The number of thiophene rings is 1. The first-order chi connectivity index (χ1) is 21.3. The second-order valence-corrected chi connectivity index (χ2v) is 13.4. The first-order valence-electron chi connectivity index (χ1n) is 14.8. The van der Waals surface area contributed by atoms with Crippen molar-refractivity contribution in [1.82, 2.24) is 0 Å². The lowest BCUT2D eigenvalue weighted by atomic mass is 9.64. The lowest BCUT2D eigenvalue weighted by Crippen LogP contribution is -2.49. The van der Waals surface area contributed by atoms with Crippen molar-refractivity contribution in [2.75, 3.05) is 4.90 Å². The molecule has 6 aromatic rings. The molecule has 0 radical (unpaired) electrons. The minimum absolute atomic E-state index is 0.0839. The first-order valence-corrected chi connectivity index (χ1v) is 16.0. The zero-order valence-corrected chi connectivity index (χ0v) is 26.5. The number of anilines is 1. The van der Waals surface area contributed by atoms with Gasteiger partial charge in [0.1, 0.15) is 4.88 Å². The minimum atomic E-state index is -0.574.